The first kappa shape index (κ1) is 31.0. The second-order valence-electron chi connectivity index (χ2n) is 12.0. The second kappa shape index (κ2) is 13.9. The van der Waals surface area contributed by atoms with Crippen molar-refractivity contribution in [2.24, 2.45) is 0 Å². The molecule has 0 spiro atoms. The van der Waals surface area contributed by atoms with Crippen LogP contribution >= 0.6 is 11.6 Å². The van der Waals surface area contributed by atoms with Crippen LogP contribution in [-0.4, -0.2) is 45.8 Å². The largest absolute Gasteiger partial charge is 0.444 e. The molecule has 4 aromatic rings. The molecule has 2 aromatic heterocycles. The standard InChI is InChI=1S/C33H41ClN4O5/c1-33(2,3)43-32(40)35-17-10-18-37-26-16-15-24(34)21-25(26)30-29(31(37)39)27(38(36-30)28-14-7-8-20-42-28)13-9-19-41-22-23-11-5-4-6-12-23/h4-6,11-12,15-16,21,28H,7-10,13-14,17-20,22H2,1-3H3,(H,35,40). The Bertz CT molecular complexity index is 1600. The van der Waals surface area contributed by atoms with E-state index >= 15 is 0 Å². The molecule has 9 nitrogen and oxygen atoms in total. The smallest absolute Gasteiger partial charge is 0.407 e. The summed E-state index contributed by atoms with van der Waals surface area (Å²) in [5.74, 6) is 0. The minimum atomic E-state index is -0.577. The molecular formula is C33H41ClN4O5. The molecule has 2 aromatic carbocycles. The molecule has 1 aliphatic rings. The Morgan fingerprint density at radius 3 is 2.70 bits per heavy atom. The summed E-state index contributed by atoms with van der Waals surface area (Å²) >= 11 is 6.47. The second-order valence-corrected chi connectivity index (χ2v) is 12.4. The third-order valence-electron chi connectivity index (χ3n) is 7.44. The molecule has 1 atom stereocenters. The molecule has 1 N–H and O–H groups in total. The summed E-state index contributed by atoms with van der Waals surface area (Å²) < 4.78 is 21.2. The van der Waals surface area contributed by atoms with Gasteiger partial charge in [-0.25, -0.2) is 9.48 Å². The van der Waals surface area contributed by atoms with Gasteiger partial charge in [-0.1, -0.05) is 41.9 Å². The first-order chi connectivity index (χ1) is 20.7. The van der Waals surface area contributed by atoms with Crippen molar-refractivity contribution < 1.29 is 19.0 Å². The number of hydrogen-bond donors (Lipinski definition) is 1. The molecule has 1 saturated heterocycles. The Hall–Kier alpha value is -3.40. The molecule has 230 valence electrons. The van der Waals surface area contributed by atoms with Crippen LogP contribution in [0.3, 0.4) is 0 Å². The normalized spacial score (nSPS) is 15.7. The summed E-state index contributed by atoms with van der Waals surface area (Å²) in [5, 5.41) is 9.78. The predicted octanol–water partition coefficient (Wildman–Crippen LogP) is 6.77. The number of alkyl carbamates (subject to hydrolysis) is 1. The maximum Gasteiger partial charge on any atom is 0.407 e. The van der Waals surface area contributed by atoms with Crippen molar-refractivity contribution in [3.63, 3.8) is 0 Å². The van der Waals surface area contributed by atoms with Crippen molar-refractivity contribution in [3.05, 3.63) is 75.2 Å². The van der Waals surface area contributed by atoms with E-state index in [2.05, 4.69) is 5.32 Å². The van der Waals surface area contributed by atoms with Gasteiger partial charge in [-0.05, 0) is 83.1 Å². The predicted molar refractivity (Wildman–Crippen MR) is 169 cm³/mol. The first-order valence-corrected chi connectivity index (χ1v) is 15.5. The van der Waals surface area contributed by atoms with Crippen molar-refractivity contribution in [3.8, 4) is 0 Å². The highest BCUT2D eigenvalue weighted by Gasteiger charge is 2.26. The van der Waals surface area contributed by atoms with Crippen molar-refractivity contribution in [2.45, 2.75) is 84.3 Å². The number of aryl methyl sites for hydroxylation is 2. The lowest BCUT2D eigenvalue weighted by Crippen LogP contribution is -2.33. The van der Waals surface area contributed by atoms with Gasteiger partial charge in [0.15, 0.2) is 6.23 Å². The summed E-state index contributed by atoms with van der Waals surface area (Å²) in [7, 11) is 0. The topological polar surface area (TPSA) is 96.6 Å². The zero-order valence-electron chi connectivity index (χ0n) is 25.2. The third-order valence-corrected chi connectivity index (χ3v) is 7.68. The number of fused-ring (bicyclic) bond motifs is 3. The van der Waals surface area contributed by atoms with Crippen LogP contribution in [0.15, 0.2) is 53.3 Å². The van der Waals surface area contributed by atoms with E-state index in [1.165, 1.54) is 0 Å². The van der Waals surface area contributed by atoms with E-state index in [9.17, 15) is 9.59 Å². The number of hydrogen-bond acceptors (Lipinski definition) is 6. The lowest BCUT2D eigenvalue weighted by Gasteiger charge is -2.24. The van der Waals surface area contributed by atoms with Gasteiger partial charge in [-0.15, -0.1) is 0 Å². The SMILES string of the molecule is CC(C)(C)OC(=O)NCCCn1c(=O)c2c(CCCOCc3ccccc3)n(C3CCCCO3)nc2c2cc(Cl)ccc21. The Balaban J connectivity index is 1.44. The highest BCUT2D eigenvalue weighted by Crippen LogP contribution is 2.32. The highest BCUT2D eigenvalue weighted by molar-refractivity contribution is 6.31. The fourth-order valence-electron chi connectivity index (χ4n) is 5.52. The summed E-state index contributed by atoms with van der Waals surface area (Å²) in [4.78, 5) is 26.4. The maximum absolute atomic E-state index is 14.2. The van der Waals surface area contributed by atoms with Crippen LogP contribution in [0.5, 0.6) is 0 Å². The molecule has 1 unspecified atom stereocenters. The van der Waals surface area contributed by atoms with Gasteiger partial charge in [-0.3, -0.25) is 4.79 Å². The van der Waals surface area contributed by atoms with Gasteiger partial charge in [0.25, 0.3) is 5.56 Å². The third kappa shape index (κ3) is 7.77. The summed E-state index contributed by atoms with van der Waals surface area (Å²) in [6, 6.07) is 15.6. The van der Waals surface area contributed by atoms with Crippen LogP contribution < -0.4 is 10.9 Å². The molecular weight excluding hydrogens is 568 g/mol. The molecule has 1 fully saturated rings. The number of aromatic nitrogens is 3. The van der Waals surface area contributed by atoms with Crippen molar-refractivity contribution in [1.82, 2.24) is 19.7 Å². The summed E-state index contributed by atoms with van der Waals surface area (Å²) in [5.41, 5.74) is 2.70. The van der Waals surface area contributed by atoms with Crippen molar-refractivity contribution in [1.29, 1.82) is 0 Å². The molecule has 1 amide bonds. The number of halogens is 1. The molecule has 1 aliphatic heterocycles. The van der Waals surface area contributed by atoms with Crippen molar-refractivity contribution >= 4 is 39.5 Å². The molecule has 5 rings (SSSR count). The van der Waals surface area contributed by atoms with Gasteiger partial charge < -0.3 is 24.1 Å². The van der Waals surface area contributed by atoms with E-state index in [4.69, 9.17) is 30.9 Å². The number of nitrogens with one attached hydrogen (secondary N) is 1. The molecule has 0 saturated carbocycles. The Kier molecular flexibility index (Phi) is 10.1. The van der Waals surface area contributed by atoms with Gasteiger partial charge in [0.2, 0.25) is 0 Å². The number of ether oxygens (including phenoxy) is 3. The van der Waals surface area contributed by atoms with Gasteiger partial charge >= 0.3 is 6.09 Å². The minimum absolute atomic E-state index is 0.107. The highest BCUT2D eigenvalue weighted by atomic mass is 35.5. The molecule has 10 heteroatoms. The quantitative estimate of drug-likeness (QED) is 0.189. The molecule has 3 heterocycles. The van der Waals surface area contributed by atoms with Crippen molar-refractivity contribution in [2.75, 3.05) is 19.8 Å². The number of carbonyl (C=O) groups is 1. The van der Waals surface area contributed by atoms with E-state index in [0.717, 1.165) is 47.8 Å². The molecule has 0 radical (unpaired) electrons. The van der Waals surface area contributed by atoms with E-state index in [0.29, 0.717) is 61.7 Å². The number of pyridine rings is 1. The van der Waals surface area contributed by atoms with Gasteiger partial charge in [0.05, 0.1) is 23.2 Å². The van der Waals surface area contributed by atoms with Gasteiger partial charge in [0.1, 0.15) is 11.1 Å². The van der Waals surface area contributed by atoms with Crippen LogP contribution in [0.4, 0.5) is 4.79 Å². The summed E-state index contributed by atoms with van der Waals surface area (Å²) in [6.45, 7) is 8.01. The van der Waals surface area contributed by atoms with E-state index in [1.54, 1.807) is 10.6 Å². The molecule has 0 bridgehead atoms. The van der Waals surface area contributed by atoms with Crippen LogP contribution in [0.25, 0.3) is 21.8 Å². The Labute approximate surface area is 257 Å². The van der Waals surface area contributed by atoms with E-state index in [1.807, 2.05) is 67.9 Å². The van der Waals surface area contributed by atoms with E-state index < -0.39 is 11.7 Å². The van der Waals surface area contributed by atoms with Gasteiger partial charge in [0, 0.05) is 36.7 Å². The fraction of sp³-hybridized carbons (Fsp3) is 0.485. The summed E-state index contributed by atoms with van der Waals surface area (Å²) in [6.07, 6.45) is 4.10. The lowest BCUT2D eigenvalue weighted by molar-refractivity contribution is -0.0408. The number of carbonyl (C=O) groups excluding carboxylic acids is 1. The molecule has 43 heavy (non-hydrogen) atoms. The number of rotatable bonds is 11. The Morgan fingerprint density at radius 2 is 1.95 bits per heavy atom. The maximum atomic E-state index is 14.2. The van der Waals surface area contributed by atoms with Crippen LogP contribution in [0, 0.1) is 0 Å². The monoisotopic (exact) mass is 608 g/mol. The van der Waals surface area contributed by atoms with Crippen LogP contribution in [0.1, 0.15) is 70.4 Å². The number of amides is 1. The number of nitrogens with zero attached hydrogens (tertiary/aromatic N) is 3. The average molecular weight is 609 g/mol. The zero-order chi connectivity index (χ0) is 30.4. The number of benzene rings is 2. The Morgan fingerprint density at radius 1 is 1.14 bits per heavy atom. The minimum Gasteiger partial charge on any atom is -0.444 e. The van der Waals surface area contributed by atoms with E-state index in [-0.39, 0.29) is 11.8 Å². The lowest BCUT2D eigenvalue weighted by atomic mass is 10.1. The molecule has 0 aliphatic carbocycles. The zero-order valence-corrected chi connectivity index (χ0v) is 26.0. The average Bonchev–Trinajstić information content (AvgIpc) is 3.37. The van der Waals surface area contributed by atoms with Gasteiger partial charge in [-0.2, -0.15) is 5.10 Å². The fourth-order valence-corrected chi connectivity index (χ4v) is 5.70. The van der Waals surface area contributed by atoms with Crippen LogP contribution in [-0.2, 0) is 33.8 Å². The van der Waals surface area contributed by atoms with Crippen LogP contribution in [0.2, 0.25) is 5.02 Å². The first-order valence-electron chi connectivity index (χ1n) is 15.1.